The molecule has 0 atom stereocenters. The van der Waals surface area contributed by atoms with Crippen molar-refractivity contribution in [3.05, 3.63) is 182 Å². The maximum atomic E-state index is 8.93. The zero-order valence-corrected chi connectivity index (χ0v) is 28.6. The number of thiophene rings is 1. The molecule has 9 aromatic carbocycles. The fraction of sp³-hybridized carbons (Fsp3) is 0. The van der Waals surface area contributed by atoms with Gasteiger partial charge in [-0.2, -0.15) is 0 Å². The number of furan rings is 1. The highest BCUT2D eigenvalue weighted by molar-refractivity contribution is 7.26. The van der Waals surface area contributed by atoms with Gasteiger partial charge in [-0.05, 0) is 67.6 Å². The van der Waals surface area contributed by atoms with E-state index in [-0.39, 0.29) is 29.7 Å². The molecule has 0 unspecified atom stereocenters. The van der Waals surface area contributed by atoms with E-state index in [1.165, 1.54) is 10.8 Å². The number of fused-ring (bicyclic) bond motifs is 8. The molecule has 0 aliphatic carbocycles. The van der Waals surface area contributed by atoms with E-state index >= 15 is 0 Å². The maximum absolute atomic E-state index is 8.93. The maximum Gasteiger partial charge on any atom is 0.144 e. The molecule has 0 aliphatic heterocycles. The fourth-order valence-corrected chi connectivity index (χ4v) is 9.28. The highest BCUT2D eigenvalue weighted by atomic mass is 32.1. The van der Waals surface area contributed by atoms with E-state index in [9.17, 15) is 0 Å². The third-order valence-electron chi connectivity index (χ3n) is 10.4. The van der Waals surface area contributed by atoms with Crippen LogP contribution in [-0.2, 0) is 0 Å². The minimum absolute atomic E-state index is 0.201. The molecule has 0 aliphatic rings. The van der Waals surface area contributed by atoms with Gasteiger partial charge in [0, 0.05) is 47.6 Å². The Kier molecular flexibility index (Phi) is 5.46. The summed E-state index contributed by atoms with van der Waals surface area (Å²) in [4.78, 5) is 0. The van der Waals surface area contributed by atoms with Gasteiger partial charge in [-0.3, -0.25) is 0 Å². The van der Waals surface area contributed by atoms with Gasteiger partial charge in [0.25, 0.3) is 0 Å². The van der Waals surface area contributed by atoms with Gasteiger partial charge in [0.15, 0.2) is 0 Å². The molecule has 2 aromatic heterocycles. The quantitative estimate of drug-likeness (QED) is 0.180. The van der Waals surface area contributed by atoms with Crippen molar-refractivity contribution in [1.82, 2.24) is 0 Å². The Morgan fingerprint density at radius 1 is 0.442 bits per heavy atom. The van der Waals surface area contributed by atoms with Crippen LogP contribution in [0.3, 0.4) is 0 Å². The van der Waals surface area contributed by atoms with Gasteiger partial charge in [-0.1, -0.05) is 164 Å². The molecule has 0 bridgehead atoms. The first-order chi connectivity index (χ1) is 27.9. The van der Waals surface area contributed by atoms with Crippen LogP contribution in [0.25, 0.3) is 108 Å². The summed E-state index contributed by atoms with van der Waals surface area (Å²) in [7, 11) is 0. The highest BCUT2D eigenvalue weighted by Crippen LogP contribution is 2.52. The van der Waals surface area contributed by atoms with Crippen LogP contribution in [0.15, 0.2) is 186 Å². The second-order valence-electron chi connectivity index (χ2n) is 13.2. The van der Waals surface area contributed by atoms with E-state index in [4.69, 9.17) is 11.3 Å². The molecule has 0 radical (unpaired) electrons. The van der Waals surface area contributed by atoms with Crippen LogP contribution in [0, 0.1) is 0 Å². The first-order valence-corrected chi connectivity index (χ1v) is 18.2. The van der Waals surface area contributed by atoms with Crippen LogP contribution in [-0.4, -0.2) is 0 Å². The molecule has 0 spiro atoms. The summed E-state index contributed by atoms with van der Waals surface area (Å²) < 4.78 is 52.0. The van der Waals surface area contributed by atoms with Crippen molar-refractivity contribution in [3.63, 3.8) is 0 Å². The van der Waals surface area contributed by atoms with E-state index in [0.29, 0.717) is 5.56 Å². The molecule has 11 aromatic rings. The predicted molar refractivity (Wildman–Crippen MR) is 223 cm³/mol. The van der Waals surface area contributed by atoms with Crippen LogP contribution < -0.4 is 0 Å². The number of hydrogen-bond donors (Lipinski definition) is 0. The first-order valence-electron chi connectivity index (χ1n) is 19.8. The summed E-state index contributed by atoms with van der Waals surface area (Å²) in [6, 6.07) is 51.1. The molecule has 52 heavy (non-hydrogen) atoms. The van der Waals surface area contributed by atoms with E-state index < -0.39 is 6.04 Å². The molecule has 242 valence electrons. The minimum Gasteiger partial charge on any atom is -0.455 e. The number of rotatable bonds is 4. The second-order valence-corrected chi connectivity index (χ2v) is 14.3. The van der Waals surface area contributed by atoms with E-state index in [2.05, 4.69) is 115 Å². The van der Waals surface area contributed by atoms with Crippen LogP contribution in [0.2, 0.25) is 0 Å². The molecule has 1 nitrogen and oxygen atoms in total. The number of hydrogen-bond acceptors (Lipinski definition) is 2. The van der Waals surface area contributed by atoms with Crippen molar-refractivity contribution in [1.29, 1.82) is 0 Å². The van der Waals surface area contributed by atoms with Crippen LogP contribution in [0.1, 0.15) is 6.85 Å². The zero-order valence-electron chi connectivity index (χ0n) is 32.8. The summed E-state index contributed by atoms with van der Waals surface area (Å²) in [6.07, 6.45) is 0. The third-order valence-corrected chi connectivity index (χ3v) is 11.6. The average molecular weight is 684 g/mol. The average Bonchev–Trinajstić information content (AvgIpc) is 3.84. The lowest BCUT2D eigenvalue weighted by Crippen LogP contribution is -1.90. The van der Waals surface area contributed by atoms with E-state index in [1.54, 1.807) is 11.3 Å². The lowest BCUT2D eigenvalue weighted by Gasteiger charge is -2.16. The summed E-state index contributed by atoms with van der Waals surface area (Å²) >= 11 is 1.66. The van der Waals surface area contributed by atoms with Gasteiger partial charge < -0.3 is 4.42 Å². The second kappa shape index (κ2) is 11.5. The predicted octanol–water partition coefficient (Wildman–Crippen LogP) is 14.9. The smallest absolute Gasteiger partial charge is 0.144 e. The normalized spacial score (nSPS) is 13.2. The van der Waals surface area contributed by atoms with Crippen molar-refractivity contribution in [3.8, 4) is 44.5 Å². The Bertz CT molecular complexity index is 3440. The van der Waals surface area contributed by atoms with Gasteiger partial charge in [-0.25, -0.2) is 0 Å². The molecule has 0 fully saturated rings. The summed E-state index contributed by atoms with van der Waals surface area (Å²) in [5.41, 5.74) is 8.81. The molecule has 11 rings (SSSR count). The molecular weight excluding hydrogens is 649 g/mol. The SMILES string of the molecule is [2H]c1c([2H])c([2H])c(-c2ccc(-c3c4ccccc4c(-c4ccc(-c5ccc6ccccc6c5)cc4)c4oc5ccccc5c34)c3sc4ccccc4c23)c([2H])c1[2H]. The van der Waals surface area contributed by atoms with Crippen LogP contribution >= 0.6 is 11.3 Å². The van der Waals surface area contributed by atoms with E-state index in [0.717, 1.165) is 86.3 Å². The molecule has 2 heterocycles. The van der Waals surface area contributed by atoms with Gasteiger partial charge >= 0.3 is 0 Å². The van der Waals surface area contributed by atoms with Crippen molar-refractivity contribution >= 4 is 75.0 Å². The standard InChI is InChI=1S/C50H30OS/c1-2-13-33(14-3-1)37-28-29-42(50-47(37)41-19-9-11-21-44(41)52-50)46-39-17-7-6-16-38(39)45(49-48(46)40-18-8-10-20-43(40)51-49)34-25-22-32(23-26-34)36-27-24-31-12-4-5-15-35(31)30-36/h1-30H/i1D,2D,3D,13D,14D. The Hall–Kier alpha value is -6.48. The summed E-state index contributed by atoms with van der Waals surface area (Å²) in [6.45, 7) is 0. The van der Waals surface area contributed by atoms with E-state index in [1.807, 2.05) is 36.4 Å². The van der Waals surface area contributed by atoms with Gasteiger partial charge in [-0.15, -0.1) is 11.3 Å². The van der Waals surface area contributed by atoms with Gasteiger partial charge in [0.05, 0.1) is 6.85 Å². The Balaban J connectivity index is 1.21. The molecular formula is C50H30OS. The molecule has 0 saturated carbocycles. The Morgan fingerprint density at radius 3 is 1.90 bits per heavy atom. The first kappa shape index (κ1) is 24.6. The van der Waals surface area contributed by atoms with Gasteiger partial charge in [0.2, 0.25) is 0 Å². The van der Waals surface area contributed by atoms with Crippen molar-refractivity contribution < 1.29 is 11.3 Å². The van der Waals surface area contributed by atoms with Crippen molar-refractivity contribution in [2.45, 2.75) is 0 Å². The molecule has 0 N–H and O–H groups in total. The van der Waals surface area contributed by atoms with Crippen molar-refractivity contribution in [2.24, 2.45) is 0 Å². The topological polar surface area (TPSA) is 13.1 Å². The van der Waals surface area contributed by atoms with Crippen LogP contribution in [0.5, 0.6) is 0 Å². The highest BCUT2D eigenvalue weighted by Gasteiger charge is 2.25. The minimum atomic E-state index is -0.402. The Labute approximate surface area is 311 Å². The van der Waals surface area contributed by atoms with Gasteiger partial charge in [0.1, 0.15) is 11.2 Å². The zero-order chi connectivity index (χ0) is 38.5. The molecule has 0 saturated heterocycles. The lowest BCUT2D eigenvalue weighted by molar-refractivity contribution is 0.670. The number of para-hydroxylation sites is 1. The fourth-order valence-electron chi connectivity index (χ4n) is 8.03. The summed E-state index contributed by atoms with van der Waals surface area (Å²) in [5.74, 6) is 0. The number of benzene rings is 9. The lowest BCUT2D eigenvalue weighted by atomic mass is 9.86. The third kappa shape index (κ3) is 4.41. The largest absolute Gasteiger partial charge is 0.455 e. The summed E-state index contributed by atoms with van der Waals surface area (Å²) in [5, 5.41) is 8.40. The monoisotopic (exact) mass is 683 g/mol. The Morgan fingerprint density at radius 2 is 1.08 bits per heavy atom. The molecule has 2 heteroatoms. The van der Waals surface area contributed by atoms with Crippen molar-refractivity contribution in [2.75, 3.05) is 0 Å². The van der Waals surface area contributed by atoms with Crippen LogP contribution in [0.4, 0.5) is 0 Å². The molecule has 0 amide bonds.